The lowest BCUT2D eigenvalue weighted by Gasteiger charge is -2.26. The van der Waals surface area contributed by atoms with Crippen LogP contribution in [0.5, 0.6) is 0 Å². The van der Waals surface area contributed by atoms with E-state index in [9.17, 15) is 14.4 Å². The van der Waals surface area contributed by atoms with E-state index in [1.807, 2.05) is 51.2 Å². The third-order valence-electron chi connectivity index (χ3n) is 8.00. The second kappa shape index (κ2) is 16.0. The molecule has 12 nitrogen and oxygen atoms in total. The van der Waals surface area contributed by atoms with Gasteiger partial charge in [0.25, 0.3) is 0 Å². The number of aryl methyl sites for hydroxylation is 3. The number of amides is 3. The minimum absolute atomic E-state index is 0.0195. The van der Waals surface area contributed by atoms with Crippen LogP contribution in [0.2, 0.25) is 5.15 Å². The lowest BCUT2D eigenvalue weighted by molar-refractivity contribution is -0.129. The average molecular weight is 640 g/mol. The molecule has 3 N–H and O–H groups in total. The molecule has 1 aromatic carbocycles. The first-order chi connectivity index (χ1) is 21.5. The first-order valence-electron chi connectivity index (χ1n) is 15.8. The smallest absolute Gasteiger partial charge is 0.243 e. The van der Waals surface area contributed by atoms with E-state index in [0.29, 0.717) is 62.2 Å². The number of benzene rings is 1. The van der Waals surface area contributed by atoms with Crippen molar-refractivity contribution in [3.8, 4) is 0 Å². The fourth-order valence-corrected chi connectivity index (χ4v) is 5.85. The number of rotatable bonds is 6. The van der Waals surface area contributed by atoms with Crippen LogP contribution in [0.3, 0.4) is 0 Å². The molecule has 45 heavy (non-hydrogen) atoms. The molecule has 0 saturated carbocycles. The van der Waals surface area contributed by atoms with E-state index >= 15 is 0 Å². The molecule has 0 saturated heterocycles. The van der Waals surface area contributed by atoms with E-state index in [4.69, 9.17) is 11.6 Å². The number of carbonyl (C=O) groups excluding carboxylic acids is 3. The monoisotopic (exact) mass is 639 g/mol. The number of fused-ring (bicyclic) bond motifs is 1. The quantitative estimate of drug-likeness (QED) is 0.377. The van der Waals surface area contributed by atoms with Crippen molar-refractivity contribution >= 4 is 29.3 Å². The van der Waals surface area contributed by atoms with Crippen LogP contribution < -0.4 is 16.0 Å². The molecular formula is C32H46ClN9O3. The zero-order valence-electron chi connectivity index (χ0n) is 27.0. The molecule has 3 aromatic rings. The van der Waals surface area contributed by atoms with Gasteiger partial charge in [-0.25, -0.2) is 9.67 Å². The molecule has 1 aliphatic rings. The van der Waals surface area contributed by atoms with Gasteiger partial charge in [0, 0.05) is 45.1 Å². The Labute approximate surface area is 270 Å². The van der Waals surface area contributed by atoms with E-state index < -0.39 is 12.1 Å². The van der Waals surface area contributed by atoms with Crippen LogP contribution in [0.15, 0.2) is 30.3 Å². The van der Waals surface area contributed by atoms with Crippen molar-refractivity contribution in [1.29, 1.82) is 0 Å². The molecule has 2 aromatic heterocycles. The second-order valence-electron chi connectivity index (χ2n) is 12.0. The van der Waals surface area contributed by atoms with Gasteiger partial charge in [-0.15, -0.1) is 0 Å². The molecule has 0 spiro atoms. The summed E-state index contributed by atoms with van der Waals surface area (Å²) in [5, 5.41) is 18.7. The Morgan fingerprint density at radius 1 is 1.02 bits per heavy atom. The van der Waals surface area contributed by atoms with Crippen molar-refractivity contribution < 1.29 is 14.4 Å². The van der Waals surface area contributed by atoms with Gasteiger partial charge in [0.05, 0.1) is 11.7 Å². The Hall–Kier alpha value is -3.77. The molecule has 3 heterocycles. The van der Waals surface area contributed by atoms with Crippen LogP contribution >= 0.6 is 11.6 Å². The number of hydrogen-bond acceptors (Lipinski definition) is 7. The van der Waals surface area contributed by atoms with E-state index in [0.717, 1.165) is 23.2 Å². The number of carbonyl (C=O) groups is 3. The molecule has 1 aliphatic heterocycles. The normalized spacial score (nSPS) is 19.8. The van der Waals surface area contributed by atoms with Gasteiger partial charge in [-0.1, -0.05) is 62.7 Å². The van der Waals surface area contributed by atoms with Crippen LogP contribution in [-0.4, -0.2) is 72.8 Å². The summed E-state index contributed by atoms with van der Waals surface area (Å²) < 4.78 is 3.25. The Kier molecular flexibility index (Phi) is 12.1. The molecule has 244 valence electrons. The summed E-state index contributed by atoms with van der Waals surface area (Å²) in [6.45, 7) is 10.1. The first-order valence-corrected chi connectivity index (χ1v) is 16.2. The van der Waals surface area contributed by atoms with Gasteiger partial charge in [-0.05, 0) is 44.2 Å². The van der Waals surface area contributed by atoms with Gasteiger partial charge >= 0.3 is 0 Å². The van der Waals surface area contributed by atoms with E-state index in [1.54, 1.807) is 16.3 Å². The predicted molar refractivity (Wildman–Crippen MR) is 172 cm³/mol. The highest BCUT2D eigenvalue weighted by atomic mass is 35.5. The molecule has 0 bridgehead atoms. The van der Waals surface area contributed by atoms with E-state index in [1.165, 1.54) is 0 Å². The molecule has 13 heteroatoms. The molecule has 4 rings (SSSR count). The van der Waals surface area contributed by atoms with Gasteiger partial charge in [-0.2, -0.15) is 10.2 Å². The Balaban J connectivity index is 1.60. The number of nitrogens with zero attached hydrogens (tertiary/aromatic N) is 6. The topological polar surface area (TPSA) is 139 Å². The van der Waals surface area contributed by atoms with Crippen molar-refractivity contribution in [2.75, 3.05) is 19.6 Å². The lowest BCUT2D eigenvalue weighted by atomic mass is 10.0. The minimum Gasteiger partial charge on any atom is -0.354 e. The maximum Gasteiger partial charge on any atom is 0.243 e. The Morgan fingerprint density at radius 3 is 2.47 bits per heavy atom. The third kappa shape index (κ3) is 9.37. The molecular weight excluding hydrogens is 594 g/mol. The summed E-state index contributed by atoms with van der Waals surface area (Å²) in [5.41, 5.74) is 2.86. The number of halogens is 1. The lowest BCUT2D eigenvalue weighted by Crippen LogP contribution is -2.50. The summed E-state index contributed by atoms with van der Waals surface area (Å²) in [5.74, 6) is 0.278. The SMILES string of the molecule is CCc1nn(C)c(Cl)c1CN1CCCNC(=O)Cn2nc(C)nc2[C@H](C(C)C)NC(=O)[C@@H](Cc2ccccc2)NC(=O)CCC1. The Bertz CT molecular complexity index is 1450. The highest BCUT2D eigenvalue weighted by molar-refractivity contribution is 6.30. The molecule has 0 radical (unpaired) electrons. The zero-order chi connectivity index (χ0) is 32.5. The van der Waals surface area contributed by atoms with Gasteiger partial charge in [0.2, 0.25) is 17.7 Å². The fraction of sp³-hybridized carbons (Fsp3) is 0.562. The summed E-state index contributed by atoms with van der Waals surface area (Å²) in [6, 6.07) is 8.32. The zero-order valence-corrected chi connectivity index (χ0v) is 27.7. The summed E-state index contributed by atoms with van der Waals surface area (Å²) in [4.78, 5) is 46.9. The van der Waals surface area contributed by atoms with Crippen LogP contribution in [-0.2, 0) is 47.4 Å². The van der Waals surface area contributed by atoms with E-state index in [-0.39, 0.29) is 36.6 Å². The van der Waals surface area contributed by atoms with Gasteiger partial charge in [-0.3, -0.25) is 24.0 Å². The van der Waals surface area contributed by atoms with Crippen molar-refractivity contribution in [2.45, 2.75) is 85.0 Å². The Morgan fingerprint density at radius 2 is 1.76 bits per heavy atom. The maximum absolute atomic E-state index is 13.8. The van der Waals surface area contributed by atoms with Gasteiger partial charge in [0.15, 0.2) is 5.82 Å². The summed E-state index contributed by atoms with van der Waals surface area (Å²) in [6.07, 6.45) is 2.66. The van der Waals surface area contributed by atoms with Gasteiger partial charge < -0.3 is 16.0 Å². The van der Waals surface area contributed by atoms with Crippen LogP contribution in [0.1, 0.15) is 74.5 Å². The van der Waals surface area contributed by atoms with Crippen LogP contribution in [0.4, 0.5) is 0 Å². The second-order valence-corrected chi connectivity index (χ2v) is 12.3. The number of nitrogens with one attached hydrogen (secondary N) is 3. The largest absolute Gasteiger partial charge is 0.354 e. The maximum atomic E-state index is 13.8. The standard InChI is InChI=1S/C32H46ClN9O3/c1-6-25-24(30(33)40(5)39-25)19-41-16-10-14-27(43)36-26(18-23-12-8-7-9-13-23)32(45)37-29(21(2)3)31-35-22(4)38-42(31)20-28(44)34-15-11-17-41/h7-9,12-13,21,26,29H,6,10-11,14-20H2,1-5H3,(H,34,44)(H,36,43)(H,37,45)/t26-,29+/m1/s1. The summed E-state index contributed by atoms with van der Waals surface area (Å²) in [7, 11) is 1.83. The number of hydrogen-bond donors (Lipinski definition) is 3. The predicted octanol–water partition coefficient (Wildman–Crippen LogP) is 2.88. The fourth-order valence-electron chi connectivity index (χ4n) is 5.65. The molecule has 0 unspecified atom stereocenters. The van der Waals surface area contributed by atoms with E-state index in [2.05, 4.69) is 43.0 Å². The van der Waals surface area contributed by atoms with Crippen LogP contribution in [0.25, 0.3) is 0 Å². The van der Waals surface area contributed by atoms with Crippen molar-refractivity contribution in [2.24, 2.45) is 13.0 Å². The highest BCUT2D eigenvalue weighted by Gasteiger charge is 2.30. The molecule has 0 aliphatic carbocycles. The van der Waals surface area contributed by atoms with Gasteiger partial charge in [0.1, 0.15) is 23.6 Å². The highest BCUT2D eigenvalue weighted by Crippen LogP contribution is 2.23. The average Bonchev–Trinajstić information content (AvgIpc) is 3.49. The third-order valence-corrected chi connectivity index (χ3v) is 8.47. The minimum atomic E-state index is -0.793. The summed E-state index contributed by atoms with van der Waals surface area (Å²) >= 11 is 6.61. The first kappa shape index (κ1) is 34.1. The van der Waals surface area contributed by atoms with Crippen LogP contribution in [0, 0.1) is 12.8 Å². The molecule has 2 atom stereocenters. The van der Waals surface area contributed by atoms with Crippen molar-refractivity contribution in [1.82, 2.24) is 45.4 Å². The molecule has 0 fully saturated rings. The molecule has 3 amide bonds. The van der Waals surface area contributed by atoms with Crippen molar-refractivity contribution in [3.05, 3.63) is 64.0 Å². The number of aromatic nitrogens is 5. The van der Waals surface area contributed by atoms with Crippen molar-refractivity contribution in [3.63, 3.8) is 0 Å².